The summed E-state index contributed by atoms with van der Waals surface area (Å²) in [6.07, 6.45) is 5.06. The maximum atomic E-state index is 12.7. The van der Waals surface area contributed by atoms with Gasteiger partial charge in [-0.3, -0.25) is 14.0 Å². The van der Waals surface area contributed by atoms with Gasteiger partial charge in [0, 0.05) is 48.8 Å². The molecule has 0 radical (unpaired) electrons. The van der Waals surface area contributed by atoms with Gasteiger partial charge in [-0.15, -0.1) is 0 Å². The highest BCUT2D eigenvalue weighted by atomic mass is 19.3. The van der Waals surface area contributed by atoms with Gasteiger partial charge in [-0.25, -0.2) is 9.97 Å². The van der Waals surface area contributed by atoms with Crippen LogP contribution in [0.3, 0.4) is 0 Å². The molecule has 3 heterocycles. The number of nitrogens with one attached hydrogen (secondary N) is 2. The molecule has 2 N–H and O–H groups in total. The Bertz CT molecular complexity index is 1490. The minimum atomic E-state index is -2.88. The van der Waals surface area contributed by atoms with Gasteiger partial charge in [0.05, 0.1) is 18.5 Å². The lowest BCUT2D eigenvalue weighted by molar-refractivity contribution is -0.142. The van der Waals surface area contributed by atoms with Crippen molar-refractivity contribution < 1.29 is 27.8 Å². The number of aryl methyl sites for hydroxylation is 1. The van der Waals surface area contributed by atoms with Crippen molar-refractivity contribution in [1.29, 1.82) is 0 Å². The molecular weight excluding hydrogens is 510 g/mol. The third kappa shape index (κ3) is 5.96. The molecule has 1 saturated heterocycles. The molecule has 2 aromatic carbocycles. The molecule has 0 atom stereocenters. The van der Waals surface area contributed by atoms with Crippen LogP contribution in [-0.2, 0) is 9.53 Å². The molecule has 5 rings (SSSR count). The molecule has 0 aliphatic carbocycles. The second kappa shape index (κ2) is 11.4. The largest absolute Gasteiger partial charge is 0.435 e. The number of hydrogen-bond acceptors (Lipinski definition) is 7. The first-order valence-corrected chi connectivity index (χ1v) is 12.3. The zero-order valence-corrected chi connectivity index (χ0v) is 21.1. The molecule has 1 aliphatic heterocycles. The number of carbonyl (C=O) groups is 2. The van der Waals surface area contributed by atoms with Gasteiger partial charge in [0.2, 0.25) is 5.91 Å². The Kier molecular flexibility index (Phi) is 7.64. The van der Waals surface area contributed by atoms with Gasteiger partial charge < -0.3 is 25.0 Å². The highest BCUT2D eigenvalue weighted by molar-refractivity contribution is 5.96. The zero-order valence-electron chi connectivity index (χ0n) is 21.1. The third-order valence-corrected chi connectivity index (χ3v) is 6.29. The maximum absolute atomic E-state index is 12.7. The Morgan fingerprint density at radius 1 is 1.18 bits per heavy atom. The number of anilines is 2. The zero-order chi connectivity index (χ0) is 27.4. The molecule has 4 aromatic rings. The van der Waals surface area contributed by atoms with Crippen molar-refractivity contribution >= 4 is 29.0 Å². The highest BCUT2D eigenvalue weighted by Gasteiger charge is 2.19. The van der Waals surface area contributed by atoms with Crippen LogP contribution in [0.25, 0.3) is 16.9 Å². The third-order valence-electron chi connectivity index (χ3n) is 6.29. The first-order chi connectivity index (χ1) is 18.9. The fourth-order valence-electron chi connectivity index (χ4n) is 4.35. The summed E-state index contributed by atoms with van der Waals surface area (Å²) in [4.78, 5) is 35.1. The number of carbonyl (C=O) groups excluding carboxylic acids is 2. The molecule has 1 aliphatic rings. The monoisotopic (exact) mass is 536 g/mol. The molecule has 0 unspecified atom stereocenters. The second-order valence-corrected chi connectivity index (χ2v) is 8.86. The number of alkyl halides is 2. The normalized spacial score (nSPS) is 13.6. The Balaban J connectivity index is 1.26. The van der Waals surface area contributed by atoms with Crippen molar-refractivity contribution in [3.8, 4) is 17.0 Å². The average Bonchev–Trinajstić information content (AvgIpc) is 3.35. The molecule has 1 fully saturated rings. The van der Waals surface area contributed by atoms with E-state index < -0.39 is 6.61 Å². The summed E-state index contributed by atoms with van der Waals surface area (Å²) in [5.74, 6) is 0.287. The lowest BCUT2D eigenvalue weighted by Gasteiger charge is -2.26. The van der Waals surface area contributed by atoms with Crippen LogP contribution in [0.1, 0.15) is 15.9 Å². The van der Waals surface area contributed by atoms with Crippen molar-refractivity contribution in [2.45, 2.75) is 13.5 Å². The molecule has 2 aromatic heterocycles. The summed E-state index contributed by atoms with van der Waals surface area (Å²) in [6, 6.07) is 11.7. The molecule has 0 saturated carbocycles. The summed E-state index contributed by atoms with van der Waals surface area (Å²) in [7, 11) is 0. The van der Waals surface area contributed by atoms with Crippen LogP contribution in [-0.4, -0.2) is 70.5 Å². The number of morpholine rings is 1. The number of fused-ring (bicyclic) bond motifs is 1. The minimum Gasteiger partial charge on any atom is -0.435 e. The Morgan fingerprint density at radius 2 is 2.00 bits per heavy atom. The molecule has 10 nitrogen and oxygen atoms in total. The maximum Gasteiger partial charge on any atom is 0.387 e. The van der Waals surface area contributed by atoms with E-state index in [1.165, 1.54) is 12.1 Å². The molecule has 0 spiro atoms. The molecule has 2 amide bonds. The summed E-state index contributed by atoms with van der Waals surface area (Å²) in [5.41, 5.74) is 4.11. The molecular formula is C27H26F2N6O4. The highest BCUT2D eigenvalue weighted by Crippen LogP contribution is 2.27. The fraction of sp³-hybridized carbons (Fsp3) is 0.259. The van der Waals surface area contributed by atoms with Crippen molar-refractivity contribution in [3.63, 3.8) is 0 Å². The first-order valence-electron chi connectivity index (χ1n) is 12.3. The van der Waals surface area contributed by atoms with Gasteiger partial charge >= 0.3 is 6.61 Å². The Labute approximate surface area is 222 Å². The van der Waals surface area contributed by atoms with Crippen LogP contribution in [0, 0.1) is 6.92 Å². The fourth-order valence-corrected chi connectivity index (χ4v) is 4.35. The van der Waals surface area contributed by atoms with E-state index in [0.717, 1.165) is 22.5 Å². The predicted molar refractivity (Wildman–Crippen MR) is 139 cm³/mol. The number of rotatable bonds is 9. The second-order valence-electron chi connectivity index (χ2n) is 8.86. The Morgan fingerprint density at radius 3 is 2.74 bits per heavy atom. The standard InChI is InChI=1S/C27H26F2N6O4/c1-17-14-19(4-7-21(17)26(37)31-8-10-34-12-13-38-16-23(34)36)33-24-25-32-15-22(35(25)11-9-30-24)18-2-5-20(6-3-18)39-27(28)29/h2-7,9,11,14-15,27H,8,10,12-13,16H2,1H3,(H,30,33)(H,31,37). The molecule has 0 bridgehead atoms. The van der Waals surface area contributed by atoms with E-state index in [0.29, 0.717) is 43.3 Å². The van der Waals surface area contributed by atoms with E-state index in [1.54, 1.807) is 47.8 Å². The number of aromatic nitrogens is 3. The number of hydrogen-bond donors (Lipinski definition) is 2. The minimum absolute atomic E-state index is 0.0753. The summed E-state index contributed by atoms with van der Waals surface area (Å²) in [5, 5.41) is 6.12. The lowest BCUT2D eigenvalue weighted by Crippen LogP contribution is -2.45. The molecule has 39 heavy (non-hydrogen) atoms. The predicted octanol–water partition coefficient (Wildman–Crippen LogP) is 3.64. The number of nitrogens with zero attached hydrogens (tertiary/aromatic N) is 4. The van der Waals surface area contributed by atoms with Gasteiger partial charge in [0.1, 0.15) is 12.4 Å². The van der Waals surface area contributed by atoms with E-state index in [1.807, 2.05) is 17.4 Å². The lowest BCUT2D eigenvalue weighted by atomic mass is 10.1. The van der Waals surface area contributed by atoms with Crippen molar-refractivity contribution in [1.82, 2.24) is 24.6 Å². The number of ether oxygens (including phenoxy) is 2. The molecule has 202 valence electrons. The number of benzene rings is 2. The summed E-state index contributed by atoms with van der Waals surface area (Å²) >= 11 is 0. The van der Waals surface area contributed by atoms with Crippen LogP contribution in [0.4, 0.5) is 20.3 Å². The number of imidazole rings is 1. The van der Waals surface area contributed by atoms with Crippen molar-refractivity contribution in [2.24, 2.45) is 0 Å². The topological polar surface area (TPSA) is 110 Å². The first kappa shape index (κ1) is 26.0. The van der Waals surface area contributed by atoms with Crippen LogP contribution in [0.5, 0.6) is 5.75 Å². The van der Waals surface area contributed by atoms with Gasteiger partial charge in [-0.2, -0.15) is 8.78 Å². The van der Waals surface area contributed by atoms with E-state index in [4.69, 9.17) is 4.74 Å². The van der Waals surface area contributed by atoms with Crippen molar-refractivity contribution in [2.75, 3.05) is 38.2 Å². The number of amides is 2. The molecule has 12 heteroatoms. The van der Waals surface area contributed by atoms with E-state index in [9.17, 15) is 18.4 Å². The van der Waals surface area contributed by atoms with E-state index >= 15 is 0 Å². The van der Waals surface area contributed by atoms with Crippen molar-refractivity contribution in [3.05, 3.63) is 72.2 Å². The van der Waals surface area contributed by atoms with Gasteiger partial charge in [0.15, 0.2) is 11.5 Å². The smallest absolute Gasteiger partial charge is 0.387 e. The van der Waals surface area contributed by atoms with Crippen LogP contribution in [0.2, 0.25) is 0 Å². The van der Waals surface area contributed by atoms with Gasteiger partial charge in [-0.05, 0) is 55.0 Å². The van der Waals surface area contributed by atoms with E-state index in [-0.39, 0.29) is 24.2 Å². The SMILES string of the molecule is Cc1cc(Nc2nccn3c(-c4ccc(OC(F)F)cc4)cnc23)ccc1C(=O)NCCN1CCOCC1=O. The Hall–Kier alpha value is -4.58. The van der Waals surface area contributed by atoms with Crippen LogP contribution >= 0.6 is 0 Å². The van der Waals surface area contributed by atoms with E-state index in [2.05, 4.69) is 25.3 Å². The number of halogens is 2. The quantitative estimate of drug-likeness (QED) is 0.336. The average molecular weight is 537 g/mol. The summed E-state index contributed by atoms with van der Waals surface area (Å²) in [6.45, 7) is 0.843. The van der Waals surface area contributed by atoms with Gasteiger partial charge in [-0.1, -0.05) is 0 Å². The van der Waals surface area contributed by atoms with Crippen LogP contribution < -0.4 is 15.4 Å². The van der Waals surface area contributed by atoms with Crippen LogP contribution in [0.15, 0.2) is 61.1 Å². The summed E-state index contributed by atoms with van der Waals surface area (Å²) < 4.78 is 36.3. The van der Waals surface area contributed by atoms with Gasteiger partial charge in [0.25, 0.3) is 5.91 Å².